The molecule has 0 radical (unpaired) electrons. The molecular weight excluding hydrogens is 249 g/mol. The predicted molar refractivity (Wildman–Crippen MR) is 48.0 cm³/mol. The van der Waals surface area contributed by atoms with Crippen LogP contribution in [0.25, 0.3) is 0 Å². The number of nitrogens with one attached hydrogen (secondary N) is 1. The molecule has 3 nitrogen and oxygen atoms in total. The van der Waals surface area contributed by atoms with E-state index in [1.165, 1.54) is 6.07 Å². The van der Waals surface area contributed by atoms with Gasteiger partial charge in [0.1, 0.15) is 5.75 Å². The van der Waals surface area contributed by atoms with Gasteiger partial charge in [0, 0.05) is 12.1 Å². The van der Waals surface area contributed by atoms with Crippen LogP contribution in [0.5, 0.6) is 5.75 Å². The van der Waals surface area contributed by atoms with Gasteiger partial charge in [0.15, 0.2) is 0 Å². The van der Waals surface area contributed by atoms with E-state index < -0.39 is 18.5 Å². The Bertz CT molecular complexity index is 424. The molecule has 1 aliphatic heterocycles. The molecule has 8 heteroatoms. The zero-order valence-corrected chi connectivity index (χ0v) is 11.6. The first-order valence-corrected chi connectivity index (χ1v) is 4.25. The number of rotatable bonds is 1. The quantitative estimate of drug-likeness (QED) is 0.610. The maximum Gasteiger partial charge on any atom is 1.00 e. The summed E-state index contributed by atoms with van der Waals surface area (Å²) in [5.74, 6) is -0.0181. The Morgan fingerprint density at radius 3 is 2.62 bits per heavy atom. The Hall–Kier alpha value is -0.0187. The van der Waals surface area contributed by atoms with Gasteiger partial charge < -0.3 is 23.0 Å². The van der Waals surface area contributed by atoms with Gasteiger partial charge >= 0.3 is 64.5 Å². The largest absolute Gasteiger partial charge is 1.00 e. The molecule has 0 spiro atoms. The molecule has 1 amide bonds. The van der Waals surface area contributed by atoms with Crippen LogP contribution in [-0.4, -0.2) is 13.1 Å². The van der Waals surface area contributed by atoms with Gasteiger partial charge in [-0.3, -0.25) is 0 Å². The van der Waals surface area contributed by atoms with Crippen molar-refractivity contribution in [3.05, 3.63) is 23.8 Å². The summed E-state index contributed by atoms with van der Waals surface area (Å²) in [6.45, 7) is -4.86. The molecule has 1 aromatic carbocycles. The van der Waals surface area contributed by atoms with Crippen molar-refractivity contribution in [2.45, 2.75) is 6.54 Å². The zero-order chi connectivity index (χ0) is 11.1. The first-order valence-electron chi connectivity index (χ1n) is 4.25. The molecule has 16 heavy (non-hydrogen) atoms. The van der Waals surface area contributed by atoms with Crippen LogP contribution >= 0.6 is 0 Å². The molecule has 0 saturated heterocycles. The summed E-state index contributed by atoms with van der Waals surface area (Å²) in [6.07, 6.45) is -0.727. The summed E-state index contributed by atoms with van der Waals surface area (Å²) in [6, 6.07) is 3.15. The van der Waals surface area contributed by atoms with Gasteiger partial charge in [-0.15, -0.1) is 5.46 Å². The molecule has 0 aliphatic carbocycles. The standard InChI is InChI=1S/C8H6BF3NO2.K/c10-9(11,12)6-2-1-5-4-13-8(14)15-7(5)3-6;/h1-3H,4H2,(H,13,14);/q-1;+1. The van der Waals surface area contributed by atoms with E-state index in [4.69, 9.17) is 0 Å². The molecule has 2 rings (SSSR count). The molecular formula is C8H6BF3KNO2. The van der Waals surface area contributed by atoms with Gasteiger partial charge in [0.2, 0.25) is 0 Å². The second-order valence-electron chi connectivity index (χ2n) is 3.18. The molecule has 1 heterocycles. The summed E-state index contributed by atoms with van der Waals surface area (Å²) < 4.78 is 41.7. The third-order valence-corrected chi connectivity index (χ3v) is 2.10. The van der Waals surface area contributed by atoms with E-state index in [-0.39, 0.29) is 63.7 Å². The van der Waals surface area contributed by atoms with Gasteiger partial charge in [-0.1, -0.05) is 12.1 Å². The smallest absolute Gasteiger partial charge is 0.445 e. The molecule has 0 saturated carbocycles. The third-order valence-electron chi connectivity index (χ3n) is 2.10. The van der Waals surface area contributed by atoms with Crippen molar-refractivity contribution in [3.8, 4) is 5.75 Å². The summed E-state index contributed by atoms with van der Waals surface area (Å²) in [5, 5.41) is 2.36. The van der Waals surface area contributed by atoms with Gasteiger partial charge in [-0.2, -0.15) is 0 Å². The number of hydrogen-bond acceptors (Lipinski definition) is 2. The fraction of sp³-hybridized carbons (Fsp3) is 0.125. The molecule has 80 valence electrons. The number of amides is 1. The molecule has 0 atom stereocenters. The molecule has 0 bridgehead atoms. The van der Waals surface area contributed by atoms with Crippen molar-refractivity contribution in [2.24, 2.45) is 0 Å². The topological polar surface area (TPSA) is 38.3 Å². The minimum absolute atomic E-state index is 0. The molecule has 1 aliphatic rings. The Labute approximate surface area is 132 Å². The first kappa shape index (κ1) is 14.0. The molecule has 1 N–H and O–H groups in total. The van der Waals surface area contributed by atoms with Crippen molar-refractivity contribution >= 4 is 18.5 Å². The number of ether oxygens (including phenoxy) is 1. The van der Waals surface area contributed by atoms with Crippen LogP contribution in [0, 0.1) is 0 Å². The van der Waals surface area contributed by atoms with Crippen LogP contribution in [0.2, 0.25) is 0 Å². The van der Waals surface area contributed by atoms with E-state index in [1.54, 1.807) is 0 Å². The van der Waals surface area contributed by atoms with Crippen molar-refractivity contribution in [3.63, 3.8) is 0 Å². The van der Waals surface area contributed by atoms with E-state index in [1.807, 2.05) is 0 Å². The molecule has 0 aromatic heterocycles. The zero-order valence-electron chi connectivity index (χ0n) is 8.47. The van der Waals surface area contributed by atoms with Crippen molar-refractivity contribution in [1.82, 2.24) is 5.32 Å². The van der Waals surface area contributed by atoms with E-state index in [0.717, 1.165) is 12.1 Å². The number of hydrogen-bond donors (Lipinski definition) is 1. The van der Waals surface area contributed by atoms with E-state index in [0.29, 0.717) is 5.56 Å². The third kappa shape index (κ3) is 3.01. The second-order valence-corrected chi connectivity index (χ2v) is 3.18. The van der Waals surface area contributed by atoms with Crippen molar-refractivity contribution in [1.29, 1.82) is 0 Å². The summed E-state index contributed by atoms with van der Waals surface area (Å²) >= 11 is 0. The second kappa shape index (κ2) is 5.09. The minimum atomic E-state index is -5.06. The van der Waals surface area contributed by atoms with Crippen LogP contribution in [-0.2, 0) is 6.54 Å². The Balaban J connectivity index is 0.00000128. The summed E-state index contributed by atoms with van der Waals surface area (Å²) in [4.78, 5) is 10.8. The normalized spacial score (nSPS) is 14.3. The number of fused-ring (bicyclic) bond motifs is 1. The average Bonchev–Trinajstić information content (AvgIpc) is 2.15. The van der Waals surface area contributed by atoms with E-state index in [9.17, 15) is 17.7 Å². The van der Waals surface area contributed by atoms with Crippen LogP contribution in [0.15, 0.2) is 18.2 Å². The van der Waals surface area contributed by atoms with Crippen molar-refractivity contribution in [2.75, 3.05) is 0 Å². The molecule has 1 aromatic rings. The van der Waals surface area contributed by atoms with Crippen molar-refractivity contribution < 1.29 is 73.9 Å². The average molecular weight is 255 g/mol. The van der Waals surface area contributed by atoms with Crippen LogP contribution < -0.4 is 66.9 Å². The predicted octanol–water partition coefficient (Wildman–Crippen LogP) is -1.65. The fourth-order valence-electron chi connectivity index (χ4n) is 1.32. The summed E-state index contributed by atoms with van der Waals surface area (Å²) in [7, 11) is 0. The molecule has 0 unspecified atom stereocenters. The Morgan fingerprint density at radius 1 is 1.31 bits per heavy atom. The number of halogens is 3. The van der Waals surface area contributed by atoms with Gasteiger partial charge in [0.25, 0.3) is 0 Å². The van der Waals surface area contributed by atoms with E-state index in [2.05, 4.69) is 10.1 Å². The van der Waals surface area contributed by atoms with Gasteiger partial charge in [-0.05, 0) is 6.07 Å². The van der Waals surface area contributed by atoms with Crippen LogP contribution in [0.4, 0.5) is 17.7 Å². The number of carbonyl (C=O) groups excluding carboxylic acids is 1. The number of carbonyl (C=O) groups is 1. The molecule has 0 fully saturated rings. The first-order chi connectivity index (χ1) is 6.97. The van der Waals surface area contributed by atoms with Crippen LogP contribution in [0.1, 0.15) is 5.56 Å². The number of benzene rings is 1. The maximum atomic E-state index is 12.4. The van der Waals surface area contributed by atoms with Crippen LogP contribution in [0.3, 0.4) is 0 Å². The van der Waals surface area contributed by atoms with Gasteiger partial charge in [0.05, 0.1) is 0 Å². The van der Waals surface area contributed by atoms with Gasteiger partial charge in [-0.25, -0.2) is 4.79 Å². The Kier molecular flexibility index (Phi) is 4.47. The maximum absolute atomic E-state index is 12.4. The SMILES string of the molecule is O=C1NCc2ccc([B-](F)(F)F)cc2O1.[K+]. The Morgan fingerprint density at radius 2 is 2.00 bits per heavy atom. The van der Waals surface area contributed by atoms with E-state index >= 15 is 0 Å². The minimum Gasteiger partial charge on any atom is -0.445 e. The monoisotopic (exact) mass is 255 g/mol. The fourth-order valence-corrected chi connectivity index (χ4v) is 1.32. The summed E-state index contributed by atoms with van der Waals surface area (Å²) in [5.41, 5.74) is -0.221.